The van der Waals surface area contributed by atoms with Crippen LogP contribution in [-0.2, 0) is 26.1 Å². The predicted molar refractivity (Wildman–Crippen MR) is 109 cm³/mol. The van der Waals surface area contributed by atoms with Crippen LogP contribution in [-0.4, -0.2) is 62.1 Å². The fraction of sp³-hybridized carbons (Fsp3) is 0.667. The summed E-state index contributed by atoms with van der Waals surface area (Å²) in [5, 5.41) is 0. The summed E-state index contributed by atoms with van der Waals surface area (Å²) in [6, 6.07) is 6.96. The van der Waals surface area contributed by atoms with E-state index < -0.39 is 22.0 Å². The fourth-order valence-electron chi connectivity index (χ4n) is 4.29. The Morgan fingerprint density at radius 2 is 1.82 bits per heavy atom. The van der Waals surface area contributed by atoms with Gasteiger partial charge < -0.3 is 4.74 Å². The van der Waals surface area contributed by atoms with Crippen molar-refractivity contribution in [3.63, 3.8) is 0 Å². The molecule has 156 valence electrons. The summed E-state index contributed by atoms with van der Waals surface area (Å²) >= 11 is 0. The number of methoxy groups -OCH3 is 1. The van der Waals surface area contributed by atoms with Crippen LogP contribution in [0.5, 0.6) is 0 Å². The molecule has 0 N–H and O–H groups in total. The Hall–Kier alpha value is -1.44. The first kappa shape index (κ1) is 21.3. The minimum Gasteiger partial charge on any atom is -0.468 e. The van der Waals surface area contributed by atoms with E-state index >= 15 is 0 Å². The SMILES string of the molecule is COC(=O)C1CN(CC2CCCCC2)CCS(=O)(=O)N1Cc1ccc(C)cc1. The standard InChI is InChI=1S/C21H32N2O4S/c1-17-8-10-19(11-9-17)15-23-20(21(24)27-2)16-22(12-13-28(23,25)26)14-18-6-4-3-5-7-18/h8-11,18,20H,3-7,12-16H2,1-2H3. The Morgan fingerprint density at radius 3 is 2.46 bits per heavy atom. The minimum atomic E-state index is -3.56. The second-order valence-corrected chi connectivity index (χ2v) is 10.2. The number of benzene rings is 1. The maximum Gasteiger partial charge on any atom is 0.325 e. The molecule has 1 aromatic rings. The lowest BCUT2D eigenvalue weighted by Crippen LogP contribution is -2.48. The zero-order chi connectivity index (χ0) is 20.1. The van der Waals surface area contributed by atoms with Crippen LogP contribution in [0.1, 0.15) is 43.2 Å². The predicted octanol–water partition coefficient (Wildman–Crippen LogP) is 2.56. The van der Waals surface area contributed by atoms with Gasteiger partial charge in [0.25, 0.3) is 0 Å². The van der Waals surface area contributed by atoms with Crippen molar-refractivity contribution < 1.29 is 17.9 Å². The Balaban J connectivity index is 1.81. The molecule has 1 heterocycles. The summed E-state index contributed by atoms with van der Waals surface area (Å²) in [4.78, 5) is 14.7. The van der Waals surface area contributed by atoms with Crippen LogP contribution in [0.4, 0.5) is 0 Å². The molecule has 3 rings (SSSR count). The first-order valence-corrected chi connectivity index (χ1v) is 11.8. The highest BCUT2D eigenvalue weighted by Crippen LogP contribution is 2.26. The maximum absolute atomic E-state index is 13.0. The molecule has 2 aliphatic rings. The summed E-state index contributed by atoms with van der Waals surface area (Å²) in [6.07, 6.45) is 6.17. The zero-order valence-corrected chi connectivity index (χ0v) is 17.8. The lowest BCUT2D eigenvalue weighted by atomic mass is 9.89. The third kappa shape index (κ3) is 5.33. The molecular weight excluding hydrogens is 376 g/mol. The summed E-state index contributed by atoms with van der Waals surface area (Å²) in [7, 11) is -2.23. The van der Waals surface area contributed by atoms with Crippen LogP contribution in [0.15, 0.2) is 24.3 Å². The average Bonchev–Trinajstić information content (AvgIpc) is 2.81. The van der Waals surface area contributed by atoms with E-state index in [2.05, 4.69) is 4.90 Å². The summed E-state index contributed by atoms with van der Waals surface area (Å²) in [5.41, 5.74) is 1.99. The number of carbonyl (C=O) groups is 1. The molecule has 0 radical (unpaired) electrons. The molecule has 2 fully saturated rings. The number of sulfonamides is 1. The molecule has 1 aromatic carbocycles. The third-order valence-electron chi connectivity index (χ3n) is 5.97. The fourth-order valence-corrected chi connectivity index (χ4v) is 5.90. The third-order valence-corrected chi connectivity index (χ3v) is 7.77. The molecule has 6 nitrogen and oxygen atoms in total. The van der Waals surface area contributed by atoms with Gasteiger partial charge in [-0.05, 0) is 31.2 Å². The van der Waals surface area contributed by atoms with Gasteiger partial charge in [0, 0.05) is 26.2 Å². The van der Waals surface area contributed by atoms with E-state index in [1.54, 1.807) is 0 Å². The van der Waals surface area contributed by atoms with Gasteiger partial charge >= 0.3 is 5.97 Å². The van der Waals surface area contributed by atoms with Gasteiger partial charge in [0.2, 0.25) is 10.0 Å². The molecule has 1 aliphatic carbocycles. The van der Waals surface area contributed by atoms with Crippen LogP contribution < -0.4 is 0 Å². The van der Waals surface area contributed by atoms with Crippen molar-refractivity contribution in [3.05, 3.63) is 35.4 Å². The molecule has 1 atom stereocenters. The van der Waals surface area contributed by atoms with Gasteiger partial charge in [-0.3, -0.25) is 9.69 Å². The Bertz CT molecular complexity index is 757. The maximum atomic E-state index is 13.0. The number of carbonyl (C=O) groups excluding carboxylic acids is 1. The topological polar surface area (TPSA) is 66.9 Å². The van der Waals surface area contributed by atoms with Gasteiger partial charge in [0.05, 0.1) is 12.9 Å². The van der Waals surface area contributed by atoms with Crippen molar-refractivity contribution in [3.8, 4) is 0 Å². The molecule has 0 aromatic heterocycles. The van der Waals surface area contributed by atoms with E-state index in [9.17, 15) is 13.2 Å². The lowest BCUT2D eigenvalue weighted by Gasteiger charge is -2.31. The van der Waals surface area contributed by atoms with Crippen LogP contribution in [0.3, 0.4) is 0 Å². The van der Waals surface area contributed by atoms with Crippen LogP contribution in [0, 0.1) is 12.8 Å². The van der Waals surface area contributed by atoms with Gasteiger partial charge in [-0.25, -0.2) is 8.42 Å². The lowest BCUT2D eigenvalue weighted by molar-refractivity contribution is -0.145. The molecule has 28 heavy (non-hydrogen) atoms. The van der Waals surface area contributed by atoms with E-state index in [0.29, 0.717) is 19.0 Å². The highest BCUT2D eigenvalue weighted by Gasteiger charge is 2.40. The Morgan fingerprint density at radius 1 is 1.14 bits per heavy atom. The second-order valence-electron chi connectivity index (χ2n) is 8.15. The van der Waals surface area contributed by atoms with Gasteiger partial charge in [-0.1, -0.05) is 49.1 Å². The van der Waals surface area contributed by atoms with Crippen LogP contribution >= 0.6 is 0 Å². The highest BCUT2D eigenvalue weighted by atomic mass is 32.2. The van der Waals surface area contributed by atoms with Gasteiger partial charge in [-0.2, -0.15) is 4.31 Å². The number of aryl methyl sites for hydroxylation is 1. The van der Waals surface area contributed by atoms with Gasteiger partial charge in [0.15, 0.2) is 0 Å². The van der Waals surface area contributed by atoms with Crippen molar-refractivity contribution in [1.29, 1.82) is 0 Å². The normalized spacial score (nSPS) is 24.6. The van der Waals surface area contributed by atoms with E-state index in [0.717, 1.165) is 17.7 Å². The number of hydrogen-bond donors (Lipinski definition) is 0. The minimum absolute atomic E-state index is 0.0407. The molecule has 0 spiro atoms. The van der Waals surface area contributed by atoms with Crippen molar-refractivity contribution in [2.24, 2.45) is 5.92 Å². The van der Waals surface area contributed by atoms with E-state index in [1.807, 2.05) is 31.2 Å². The number of hydrogen-bond acceptors (Lipinski definition) is 5. The van der Waals surface area contributed by atoms with Gasteiger partial charge in [0.1, 0.15) is 6.04 Å². The first-order chi connectivity index (χ1) is 13.4. The van der Waals surface area contributed by atoms with Crippen molar-refractivity contribution in [1.82, 2.24) is 9.21 Å². The number of rotatable bonds is 5. The molecule has 1 unspecified atom stereocenters. The number of esters is 1. The monoisotopic (exact) mass is 408 g/mol. The molecule has 1 aliphatic heterocycles. The summed E-state index contributed by atoms with van der Waals surface area (Å²) < 4.78 is 32.4. The molecule has 0 bridgehead atoms. The second kappa shape index (κ2) is 9.37. The molecular formula is C21H32N2O4S. The summed E-state index contributed by atoms with van der Waals surface area (Å²) in [6.45, 7) is 3.92. The molecule has 7 heteroatoms. The largest absolute Gasteiger partial charge is 0.468 e. The van der Waals surface area contributed by atoms with Crippen molar-refractivity contribution in [2.75, 3.05) is 32.5 Å². The smallest absolute Gasteiger partial charge is 0.325 e. The van der Waals surface area contributed by atoms with E-state index in [-0.39, 0.29) is 12.3 Å². The average molecular weight is 409 g/mol. The number of ether oxygens (including phenoxy) is 1. The molecule has 0 amide bonds. The molecule has 1 saturated carbocycles. The molecule has 1 saturated heterocycles. The van der Waals surface area contributed by atoms with Gasteiger partial charge in [-0.15, -0.1) is 0 Å². The quantitative estimate of drug-likeness (QED) is 0.701. The number of nitrogens with zero attached hydrogens (tertiary/aromatic N) is 2. The van der Waals surface area contributed by atoms with E-state index in [4.69, 9.17) is 4.74 Å². The zero-order valence-electron chi connectivity index (χ0n) is 17.0. The van der Waals surface area contributed by atoms with Crippen LogP contribution in [0.2, 0.25) is 0 Å². The summed E-state index contributed by atoms with van der Waals surface area (Å²) in [5.74, 6) is 0.156. The van der Waals surface area contributed by atoms with Crippen molar-refractivity contribution in [2.45, 2.75) is 51.6 Å². The van der Waals surface area contributed by atoms with Crippen LogP contribution in [0.25, 0.3) is 0 Å². The Labute approximate surface area is 168 Å². The Kier molecular flexibility index (Phi) is 7.12. The highest BCUT2D eigenvalue weighted by molar-refractivity contribution is 7.89. The van der Waals surface area contributed by atoms with Crippen molar-refractivity contribution >= 4 is 16.0 Å². The first-order valence-electron chi connectivity index (χ1n) is 10.2. The van der Waals surface area contributed by atoms with E-state index in [1.165, 1.54) is 43.5 Å².